The van der Waals surface area contributed by atoms with Gasteiger partial charge in [-0.3, -0.25) is 9.78 Å². The molecule has 2 aromatic carbocycles. The van der Waals surface area contributed by atoms with Crippen LogP contribution in [-0.2, 0) is 9.53 Å². The molecule has 1 aromatic heterocycles. The summed E-state index contributed by atoms with van der Waals surface area (Å²) in [5.41, 5.74) is 5.40. The van der Waals surface area contributed by atoms with Crippen molar-refractivity contribution in [2.24, 2.45) is 0 Å². The molecule has 0 radical (unpaired) electrons. The molecular weight excluding hydrogens is 380 g/mol. The van der Waals surface area contributed by atoms with Gasteiger partial charge in [-0.05, 0) is 46.4 Å². The number of fused-ring (bicyclic) bond motifs is 3. The number of hydrogen-bond acceptors (Lipinski definition) is 4. The largest absolute Gasteiger partial charge is 0.481 e. The maximum absolute atomic E-state index is 12.6. The van der Waals surface area contributed by atoms with Gasteiger partial charge in [0.25, 0.3) is 0 Å². The number of carbonyl (C=O) groups is 2. The van der Waals surface area contributed by atoms with E-state index in [1.54, 1.807) is 24.5 Å². The first kappa shape index (κ1) is 19.6. The van der Waals surface area contributed by atoms with Crippen LogP contribution in [-0.4, -0.2) is 28.8 Å². The van der Waals surface area contributed by atoms with Gasteiger partial charge in [-0.2, -0.15) is 0 Å². The van der Waals surface area contributed by atoms with Crippen molar-refractivity contribution in [1.82, 2.24) is 10.3 Å². The van der Waals surface area contributed by atoms with E-state index in [4.69, 9.17) is 9.84 Å². The fourth-order valence-electron chi connectivity index (χ4n) is 3.97. The number of nitrogens with zero attached hydrogens (tertiary/aromatic N) is 1. The number of aromatic nitrogens is 1. The summed E-state index contributed by atoms with van der Waals surface area (Å²) in [7, 11) is 0. The van der Waals surface area contributed by atoms with E-state index in [-0.39, 0.29) is 25.4 Å². The normalized spacial score (nSPS) is 13.2. The van der Waals surface area contributed by atoms with Gasteiger partial charge < -0.3 is 15.2 Å². The highest BCUT2D eigenvalue weighted by Crippen LogP contribution is 2.44. The van der Waals surface area contributed by atoms with Gasteiger partial charge in [0, 0.05) is 24.7 Å². The Bertz CT molecular complexity index is 1010. The Labute approximate surface area is 174 Å². The molecule has 2 N–H and O–H groups in total. The van der Waals surface area contributed by atoms with Crippen molar-refractivity contribution < 1.29 is 19.4 Å². The molecule has 0 saturated heterocycles. The van der Waals surface area contributed by atoms with Crippen molar-refractivity contribution in [2.45, 2.75) is 24.8 Å². The summed E-state index contributed by atoms with van der Waals surface area (Å²) in [6.07, 6.45) is 2.87. The summed E-state index contributed by atoms with van der Waals surface area (Å²) in [6, 6.07) is 19.3. The lowest BCUT2D eigenvalue weighted by Crippen LogP contribution is -2.30. The molecule has 30 heavy (non-hydrogen) atoms. The quantitative estimate of drug-likeness (QED) is 0.606. The third kappa shape index (κ3) is 4.17. The van der Waals surface area contributed by atoms with E-state index in [0.29, 0.717) is 0 Å². The Morgan fingerprint density at radius 1 is 0.967 bits per heavy atom. The van der Waals surface area contributed by atoms with E-state index in [0.717, 1.165) is 16.7 Å². The first-order chi connectivity index (χ1) is 14.6. The molecule has 1 heterocycles. The average molecular weight is 402 g/mol. The number of aliphatic carboxylic acids is 1. The number of ether oxygens (including phenoxy) is 1. The van der Waals surface area contributed by atoms with E-state index in [2.05, 4.69) is 34.6 Å². The maximum Gasteiger partial charge on any atom is 0.407 e. The predicted molar refractivity (Wildman–Crippen MR) is 112 cm³/mol. The average Bonchev–Trinajstić information content (AvgIpc) is 3.09. The van der Waals surface area contributed by atoms with Crippen LogP contribution in [0.15, 0.2) is 73.1 Å². The van der Waals surface area contributed by atoms with Crippen molar-refractivity contribution in [3.05, 3.63) is 89.7 Å². The molecule has 1 aliphatic carbocycles. The molecule has 4 rings (SSSR count). The minimum absolute atomic E-state index is 0.0263. The van der Waals surface area contributed by atoms with Crippen molar-refractivity contribution in [2.75, 3.05) is 6.61 Å². The summed E-state index contributed by atoms with van der Waals surface area (Å²) in [5, 5.41) is 11.8. The van der Waals surface area contributed by atoms with Crippen LogP contribution in [0, 0.1) is 0 Å². The van der Waals surface area contributed by atoms with E-state index < -0.39 is 18.1 Å². The van der Waals surface area contributed by atoms with Gasteiger partial charge in [0.15, 0.2) is 0 Å². The van der Waals surface area contributed by atoms with Gasteiger partial charge in [0.05, 0.1) is 6.04 Å². The summed E-state index contributed by atoms with van der Waals surface area (Å²) in [6.45, 7) is 0.210. The smallest absolute Gasteiger partial charge is 0.407 e. The monoisotopic (exact) mass is 402 g/mol. The second-order valence-electron chi connectivity index (χ2n) is 7.24. The van der Waals surface area contributed by atoms with Gasteiger partial charge in [-0.1, -0.05) is 48.5 Å². The number of carboxylic acid groups (broad SMARTS) is 1. The second kappa shape index (κ2) is 8.78. The molecule has 152 valence electrons. The van der Waals surface area contributed by atoms with Crippen LogP contribution in [0.4, 0.5) is 4.79 Å². The summed E-state index contributed by atoms with van der Waals surface area (Å²) < 4.78 is 5.59. The van der Waals surface area contributed by atoms with Gasteiger partial charge in [-0.25, -0.2) is 4.79 Å². The zero-order valence-corrected chi connectivity index (χ0v) is 16.3. The number of carboxylic acids is 1. The number of rotatable bonds is 7. The van der Waals surface area contributed by atoms with Crippen LogP contribution >= 0.6 is 0 Å². The highest BCUT2D eigenvalue weighted by molar-refractivity contribution is 5.79. The minimum Gasteiger partial charge on any atom is -0.481 e. The fourth-order valence-corrected chi connectivity index (χ4v) is 3.97. The van der Waals surface area contributed by atoms with Crippen molar-refractivity contribution in [3.63, 3.8) is 0 Å². The molecule has 6 heteroatoms. The highest BCUT2D eigenvalue weighted by atomic mass is 16.5. The number of carbonyl (C=O) groups excluding carboxylic acids is 1. The molecule has 0 aliphatic heterocycles. The molecule has 1 aliphatic rings. The Morgan fingerprint density at radius 2 is 1.57 bits per heavy atom. The summed E-state index contributed by atoms with van der Waals surface area (Å²) >= 11 is 0. The van der Waals surface area contributed by atoms with Crippen LogP contribution in [0.1, 0.15) is 41.5 Å². The maximum atomic E-state index is 12.6. The Balaban J connectivity index is 1.45. The summed E-state index contributed by atoms with van der Waals surface area (Å²) in [4.78, 5) is 27.5. The highest BCUT2D eigenvalue weighted by Gasteiger charge is 2.29. The molecule has 0 spiro atoms. The van der Waals surface area contributed by atoms with Crippen LogP contribution in [0.2, 0.25) is 0 Å². The molecular formula is C24H22N2O4. The third-order valence-electron chi connectivity index (χ3n) is 5.39. The number of nitrogens with one attached hydrogen (secondary N) is 1. The van der Waals surface area contributed by atoms with Crippen molar-refractivity contribution in [1.29, 1.82) is 0 Å². The van der Waals surface area contributed by atoms with E-state index in [1.807, 2.05) is 24.3 Å². The molecule has 0 saturated carbocycles. The van der Waals surface area contributed by atoms with E-state index in [1.165, 1.54) is 11.1 Å². The van der Waals surface area contributed by atoms with E-state index >= 15 is 0 Å². The van der Waals surface area contributed by atoms with E-state index in [9.17, 15) is 9.59 Å². The molecule has 1 atom stereocenters. The first-order valence-corrected chi connectivity index (χ1v) is 9.86. The van der Waals surface area contributed by atoms with Crippen LogP contribution < -0.4 is 5.32 Å². The van der Waals surface area contributed by atoms with Crippen molar-refractivity contribution >= 4 is 12.1 Å². The van der Waals surface area contributed by atoms with Crippen LogP contribution in [0.3, 0.4) is 0 Å². The SMILES string of the molecule is O=C(O)CCC(NC(=O)OCC1c2ccccc2-c2ccccc21)c1ccncc1. The number of amides is 1. The number of alkyl carbamates (subject to hydrolysis) is 1. The molecule has 6 nitrogen and oxygen atoms in total. The topological polar surface area (TPSA) is 88.5 Å². The predicted octanol–water partition coefficient (Wildman–Crippen LogP) is 4.53. The lowest BCUT2D eigenvalue weighted by atomic mass is 9.98. The molecule has 1 amide bonds. The minimum atomic E-state index is -0.914. The molecule has 0 bridgehead atoms. The zero-order valence-electron chi connectivity index (χ0n) is 16.3. The lowest BCUT2D eigenvalue weighted by Gasteiger charge is -2.20. The van der Waals surface area contributed by atoms with Gasteiger partial charge >= 0.3 is 12.1 Å². The van der Waals surface area contributed by atoms with Gasteiger partial charge in [0.2, 0.25) is 0 Å². The lowest BCUT2D eigenvalue weighted by molar-refractivity contribution is -0.137. The van der Waals surface area contributed by atoms with Gasteiger partial charge in [-0.15, -0.1) is 0 Å². The summed E-state index contributed by atoms with van der Waals surface area (Å²) in [5.74, 6) is -0.940. The molecule has 0 fully saturated rings. The number of benzene rings is 2. The Hall–Kier alpha value is -3.67. The molecule has 3 aromatic rings. The first-order valence-electron chi connectivity index (χ1n) is 9.86. The van der Waals surface area contributed by atoms with Crippen LogP contribution in [0.25, 0.3) is 11.1 Å². The Morgan fingerprint density at radius 3 is 2.17 bits per heavy atom. The zero-order chi connectivity index (χ0) is 20.9. The second-order valence-corrected chi connectivity index (χ2v) is 7.24. The molecule has 1 unspecified atom stereocenters. The standard InChI is InChI=1S/C24H22N2O4/c27-23(28)10-9-22(16-11-13-25-14-12-16)26-24(29)30-15-21-19-7-3-1-5-17(19)18-6-2-4-8-20(18)21/h1-8,11-14,21-22H,9-10,15H2,(H,26,29)(H,27,28). The Kier molecular flexibility index (Phi) is 5.75. The van der Waals surface area contributed by atoms with Gasteiger partial charge in [0.1, 0.15) is 6.61 Å². The van der Waals surface area contributed by atoms with Crippen molar-refractivity contribution in [3.8, 4) is 11.1 Å². The number of hydrogen-bond donors (Lipinski definition) is 2. The van der Waals surface area contributed by atoms with Crippen LogP contribution in [0.5, 0.6) is 0 Å². The number of pyridine rings is 1. The third-order valence-corrected chi connectivity index (χ3v) is 5.39. The fraction of sp³-hybridized carbons (Fsp3) is 0.208.